The average molecular weight is 401 g/mol. The fourth-order valence-corrected chi connectivity index (χ4v) is 3.01. The molecule has 0 unspecified atom stereocenters. The maximum absolute atomic E-state index is 12.6. The first-order valence-corrected chi connectivity index (χ1v) is 8.56. The standard InChI is InChI=1S/C20H20N4O3.ClH/c1-12(2)11-24-18-16(19(25)23(3)20(24)26)9-14(10-21)17(22-18)13-6-5-7-15(8-13)27-4;/h5-9,12H,11H2,1-4H3;1H. The Balaban J connectivity index is 0.00000280. The van der Waals surface area contributed by atoms with Gasteiger partial charge in [0.25, 0.3) is 5.56 Å². The Kier molecular flexibility index (Phi) is 6.26. The van der Waals surface area contributed by atoms with Crippen LogP contribution in [0.5, 0.6) is 5.75 Å². The van der Waals surface area contributed by atoms with Crippen LogP contribution in [0.3, 0.4) is 0 Å². The summed E-state index contributed by atoms with van der Waals surface area (Å²) >= 11 is 0. The number of aromatic nitrogens is 3. The van der Waals surface area contributed by atoms with E-state index in [0.29, 0.717) is 23.6 Å². The summed E-state index contributed by atoms with van der Waals surface area (Å²) < 4.78 is 7.80. The summed E-state index contributed by atoms with van der Waals surface area (Å²) in [6.07, 6.45) is 0. The van der Waals surface area contributed by atoms with E-state index in [9.17, 15) is 14.9 Å². The maximum atomic E-state index is 12.6. The van der Waals surface area contributed by atoms with Crippen molar-refractivity contribution in [3.63, 3.8) is 0 Å². The third-order valence-electron chi connectivity index (χ3n) is 4.32. The molecule has 0 atom stereocenters. The number of methoxy groups -OCH3 is 1. The average Bonchev–Trinajstić information content (AvgIpc) is 2.68. The van der Waals surface area contributed by atoms with Crippen LogP contribution in [0, 0.1) is 17.2 Å². The molecule has 0 aliphatic rings. The third-order valence-corrected chi connectivity index (χ3v) is 4.32. The molecule has 3 rings (SSSR count). The maximum Gasteiger partial charge on any atom is 0.332 e. The van der Waals surface area contributed by atoms with Gasteiger partial charge in [0.1, 0.15) is 17.5 Å². The van der Waals surface area contributed by atoms with Crippen LogP contribution in [0.25, 0.3) is 22.3 Å². The molecule has 28 heavy (non-hydrogen) atoms. The highest BCUT2D eigenvalue weighted by Gasteiger charge is 2.18. The van der Waals surface area contributed by atoms with Crippen molar-refractivity contribution in [2.45, 2.75) is 20.4 Å². The molecule has 0 radical (unpaired) electrons. The summed E-state index contributed by atoms with van der Waals surface area (Å²) in [6, 6.07) is 10.8. The molecule has 0 N–H and O–H groups in total. The van der Waals surface area contributed by atoms with E-state index < -0.39 is 11.2 Å². The predicted molar refractivity (Wildman–Crippen MR) is 110 cm³/mol. The number of halogens is 1. The Morgan fingerprint density at radius 2 is 1.96 bits per heavy atom. The van der Waals surface area contributed by atoms with Crippen molar-refractivity contribution in [3.8, 4) is 23.1 Å². The molecular formula is C20H21ClN4O3. The summed E-state index contributed by atoms with van der Waals surface area (Å²) in [7, 11) is 2.99. The molecule has 3 aromatic rings. The summed E-state index contributed by atoms with van der Waals surface area (Å²) in [6.45, 7) is 4.38. The van der Waals surface area contributed by atoms with Gasteiger partial charge in [0.2, 0.25) is 0 Å². The van der Waals surface area contributed by atoms with Crippen LogP contribution in [0.1, 0.15) is 19.4 Å². The number of ether oxygens (including phenoxy) is 1. The van der Waals surface area contributed by atoms with E-state index in [-0.39, 0.29) is 34.9 Å². The topological polar surface area (TPSA) is 89.9 Å². The lowest BCUT2D eigenvalue weighted by molar-refractivity contribution is 0.415. The van der Waals surface area contributed by atoms with Gasteiger partial charge < -0.3 is 4.74 Å². The monoisotopic (exact) mass is 400 g/mol. The molecule has 0 saturated heterocycles. The van der Waals surface area contributed by atoms with Crippen molar-refractivity contribution >= 4 is 23.4 Å². The van der Waals surface area contributed by atoms with Gasteiger partial charge in [-0.25, -0.2) is 9.78 Å². The number of hydrogen-bond donors (Lipinski definition) is 0. The largest absolute Gasteiger partial charge is 0.497 e. The Morgan fingerprint density at radius 1 is 1.25 bits per heavy atom. The van der Waals surface area contributed by atoms with E-state index in [1.54, 1.807) is 25.3 Å². The van der Waals surface area contributed by atoms with Gasteiger partial charge in [-0.15, -0.1) is 12.4 Å². The second-order valence-electron chi connectivity index (χ2n) is 6.75. The summed E-state index contributed by atoms with van der Waals surface area (Å²) in [5, 5.41) is 9.85. The number of hydrogen-bond acceptors (Lipinski definition) is 5. The van der Waals surface area contributed by atoms with E-state index in [2.05, 4.69) is 11.1 Å². The first-order valence-electron chi connectivity index (χ1n) is 8.56. The molecule has 146 valence electrons. The van der Waals surface area contributed by atoms with Crippen molar-refractivity contribution in [2.24, 2.45) is 13.0 Å². The molecule has 1 aromatic carbocycles. The molecule has 0 bridgehead atoms. The highest BCUT2D eigenvalue weighted by Crippen LogP contribution is 2.27. The van der Waals surface area contributed by atoms with Crippen LogP contribution in [0.2, 0.25) is 0 Å². The lowest BCUT2D eigenvalue weighted by Gasteiger charge is -2.15. The summed E-state index contributed by atoms with van der Waals surface area (Å²) in [5.74, 6) is 0.808. The lowest BCUT2D eigenvalue weighted by atomic mass is 10.0. The molecule has 8 heteroatoms. The minimum Gasteiger partial charge on any atom is -0.497 e. The van der Waals surface area contributed by atoms with E-state index in [1.807, 2.05) is 19.9 Å². The summed E-state index contributed by atoms with van der Waals surface area (Å²) in [4.78, 5) is 29.8. The first-order chi connectivity index (χ1) is 12.9. The first kappa shape index (κ1) is 21.2. The fourth-order valence-electron chi connectivity index (χ4n) is 3.01. The SMILES string of the molecule is COc1cccc(-c2nc3c(cc2C#N)c(=O)n(C)c(=O)n3CC(C)C)c1.Cl. The number of nitrogens with zero attached hydrogens (tertiary/aromatic N) is 4. The zero-order chi connectivity index (χ0) is 19.7. The fraction of sp³-hybridized carbons (Fsp3) is 0.300. The molecule has 0 aliphatic carbocycles. The van der Waals surface area contributed by atoms with Gasteiger partial charge in [-0.2, -0.15) is 5.26 Å². The number of rotatable bonds is 4. The van der Waals surface area contributed by atoms with Crippen LogP contribution in [0.4, 0.5) is 0 Å². The Hall–Kier alpha value is -3.11. The molecule has 0 saturated carbocycles. The zero-order valence-electron chi connectivity index (χ0n) is 16.1. The normalized spacial score (nSPS) is 10.6. The van der Waals surface area contributed by atoms with Crippen molar-refractivity contribution in [2.75, 3.05) is 7.11 Å². The number of nitriles is 1. The van der Waals surface area contributed by atoms with Gasteiger partial charge in [-0.1, -0.05) is 26.0 Å². The van der Waals surface area contributed by atoms with Crippen LogP contribution >= 0.6 is 12.4 Å². The number of pyridine rings is 1. The van der Waals surface area contributed by atoms with Gasteiger partial charge in [0.05, 0.1) is 23.8 Å². The molecule has 0 aliphatic heterocycles. The smallest absolute Gasteiger partial charge is 0.332 e. The Morgan fingerprint density at radius 3 is 2.57 bits per heavy atom. The van der Waals surface area contributed by atoms with Gasteiger partial charge >= 0.3 is 5.69 Å². The van der Waals surface area contributed by atoms with Crippen LogP contribution < -0.4 is 16.0 Å². The van der Waals surface area contributed by atoms with Crippen molar-refractivity contribution in [1.82, 2.24) is 14.1 Å². The molecule has 7 nitrogen and oxygen atoms in total. The summed E-state index contributed by atoms with van der Waals surface area (Å²) in [5.41, 5.74) is 0.758. The second kappa shape index (κ2) is 8.28. The predicted octanol–water partition coefficient (Wildman–Crippen LogP) is 2.72. The Bertz CT molecular complexity index is 1190. The van der Waals surface area contributed by atoms with Crippen molar-refractivity contribution in [3.05, 3.63) is 56.7 Å². The van der Waals surface area contributed by atoms with Crippen LogP contribution in [-0.2, 0) is 13.6 Å². The van der Waals surface area contributed by atoms with Crippen LogP contribution in [0.15, 0.2) is 39.9 Å². The van der Waals surface area contributed by atoms with Crippen molar-refractivity contribution in [1.29, 1.82) is 5.26 Å². The second-order valence-corrected chi connectivity index (χ2v) is 6.75. The highest BCUT2D eigenvalue weighted by molar-refractivity contribution is 5.85. The molecule has 2 heterocycles. The van der Waals surface area contributed by atoms with E-state index in [1.165, 1.54) is 17.7 Å². The minimum absolute atomic E-state index is 0. The third kappa shape index (κ3) is 3.64. The quantitative estimate of drug-likeness (QED) is 0.671. The molecule has 0 fully saturated rings. The van der Waals surface area contributed by atoms with Gasteiger partial charge in [-0.3, -0.25) is 13.9 Å². The van der Waals surface area contributed by atoms with Gasteiger partial charge in [0.15, 0.2) is 0 Å². The lowest BCUT2D eigenvalue weighted by Crippen LogP contribution is -2.39. The Labute approximate surface area is 168 Å². The van der Waals surface area contributed by atoms with E-state index in [0.717, 1.165) is 4.57 Å². The van der Waals surface area contributed by atoms with Crippen LogP contribution in [-0.4, -0.2) is 21.2 Å². The highest BCUT2D eigenvalue weighted by atomic mass is 35.5. The molecule has 0 spiro atoms. The van der Waals surface area contributed by atoms with E-state index in [4.69, 9.17) is 4.74 Å². The zero-order valence-corrected chi connectivity index (χ0v) is 16.9. The number of fused-ring (bicyclic) bond motifs is 1. The van der Waals surface area contributed by atoms with Gasteiger partial charge in [-0.05, 0) is 24.1 Å². The minimum atomic E-state index is -0.462. The number of benzene rings is 1. The molecule has 2 aromatic heterocycles. The molecule has 0 amide bonds. The van der Waals surface area contributed by atoms with E-state index >= 15 is 0 Å². The molecular weight excluding hydrogens is 380 g/mol. The van der Waals surface area contributed by atoms with Crippen molar-refractivity contribution < 1.29 is 4.74 Å². The van der Waals surface area contributed by atoms with Gasteiger partial charge in [0, 0.05) is 19.2 Å².